The molecule has 41 heavy (non-hydrogen) atoms. The third-order valence-electron chi connectivity index (χ3n) is 8.48. The molecule has 14 heteroatoms. The summed E-state index contributed by atoms with van der Waals surface area (Å²) in [5, 5.41) is 8.81. The van der Waals surface area contributed by atoms with Crippen LogP contribution in [0.1, 0.15) is 66.7 Å². The van der Waals surface area contributed by atoms with Gasteiger partial charge in [0.1, 0.15) is 12.1 Å². The van der Waals surface area contributed by atoms with Crippen molar-refractivity contribution in [3.63, 3.8) is 0 Å². The monoisotopic (exact) mass is 596 g/mol. The number of nitrogens with zero attached hydrogens (tertiary/aromatic N) is 1. The summed E-state index contributed by atoms with van der Waals surface area (Å²) in [6.45, 7) is 12.6. The van der Waals surface area contributed by atoms with Crippen LogP contribution in [0.25, 0.3) is 0 Å². The number of Topliss-reactive ketones (excluding diaryl/α,β-unsaturated/α-hetero) is 1. The molecular weight excluding hydrogens is 552 g/mol. The minimum Gasteiger partial charge on any atom is -0.363 e. The number of carbonyl (C=O) groups excluding carboxylic acids is 5. The number of piperidine rings is 1. The van der Waals surface area contributed by atoms with Crippen LogP contribution in [0.5, 0.6) is 0 Å². The van der Waals surface area contributed by atoms with E-state index >= 15 is 0 Å². The highest BCUT2D eigenvalue weighted by Crippen LogP contribution is 2.65. The number of rotatable bonds is 13. The van der Waals surface area contributed by atoms with Crippen LogP contribution in [0, 0.1) is 23.2 Å². The highest BCUT2D eigenvalue weighted by molar-refractivity contribution is 7.92. The zero-order valence-corrected chi connectivity index (χ0v) is 25.3. The summed E-state index contributed by atoms with van der Waals surface area (Å²) < 4.78 is 26.0. The molecular formula is C27H44N6O7S. The summed E-state index contributed by atoms with van der Waals surface area (Å²) in [5.74, 6) is -3.09. The predicted molar refractivity (Wildman–Crippen MR) is 151 cm³/mol. The Labute approximate surface area is 241 Å². The van der Waals surface area contributed by atoms with E-state index in [1.54, 1.807) is 20.8 Å². The first kappa shape index (κ1) is 32.5. The van der Waals surface area contributed by atoms with Crippen molar-refractivity contribution in [2.75, 3.05) is 13.1 Å². The number of likely N-dealkylation sites (tertiary alicyclic amines) is 1. The fourth-order valence-electron chi connectivity index (χ4n) is 5.93. The smallest absolute Gasteiger partial charge is 0.315 e. The first-order chi connectivity index (χ1) is 18.9. The predicted octanol–water partition coefficient (Wildman–Crippen LogP) is 0.118. The molecule has 2 aliphatic carbocycles. The molecule has 0 spiro atoms. The molecule has 1 heterocycles. The molecule has 0 bridgehead atoms. The van der Waals surface area contributed by atoms with E-state index in [9.17, 15) is 32.4 Å². The van der Waals surface area contributed by atoms with Gasteiger partial charge in [-0.25, -0.2) is 17.9 Å². The number of primary amides is 1. The van der Waals surface area contributed by atoms with Crippen molar-refractivity contribution < 1.29 is 32.4 Å². The quantitative estimate of drug-likeness (QED) is 0.186. The van der Waals surface area contributed by atoms with Crippen LogP contribution in [-0.2, 0) is 29.2 Å². The zero-order chi connectivity index (χ0) is 30.9. The van der Waals surface area contributed by atoms with E-state index in [4.69, 9.17) is 5.73 Å². The van der Waals surface area contributed by atoms with Gasteiger partial charge in [-0.05, 0) is 56.8 Å². The maximum absolute atomic E-state index is 13.9. The highest BCUT2D eigenvalue weighted by Gasteiger charge is 2.69. The summed E-state index contributed by atoms with van der Waals surface area (Å²) in [5.41, 5.74) is 4.43. The van der Waals surface area contributed by atoms with Gasteiger partial charge < -0.3 is 26.6 Å². The maximum Gasteiger partial charge on any atom is 0.315 e. The van der Waals surface area contributed by atoms with Gasteiger partial charge in [-0.3, -0.25) is 19.2 Å². The van der Waals surface area contributed by atoms with Crippen LogP contribution in [-0.4, -0.2) is 79.6 Å². The molecule has 3 fully saturated rings. The number of nitrogens with one attached hydrogen (secondary N) is 4. The lowest BCUT2D eigenvalue weighted by molar-refractivity contribution is -0.143. The summed E-state index contributed by atoms with van der Waals surface area (Å²) in [4.78, 5) is 66.0. The third-order valence-corrected chi connectivity index (χ3v) is 9.52. The van der Waals surface area contributed by atoms with Crippen LogP contribution in [0.15, 0.2) is 12.0 Å². The number of fused-ring (bicyclic) bond motifs is 1. The third kappa shape index (κ3) is 7.85. The molecule has 230 valence electrons. The molecule has 1 saturated heterocycles. The van der Waals surface area contributed by atoms with Crippen molar-refractivity contribution >= 4 is 39.6 Å². The Bertz CT molecular complexity index is 1190. The molecule has 5 atom stereocenters. The van der Waals surface area contributed by atoms with Gasteiger partial charge in [0.2, 0.25) is 27.6 Å². The molecule has 3 rings (SSSR count). The lowest BCUT2D eigenvalue weighted by Gasteiger charge is -2.35. The Morgan fingerprint density at radius 3 is 2.24 bits per heavy atom. The number of carbonyl (C=O) groups is 5. The molecule has 0 radical (unpaired) electrons. The van der Waals surface area contributed by atoms with Gasteiger partial charge >= 0.3 is 6.03 Å². The molecule has 0 aromatic carbocycles. The van der Waals surface area contributed by atoms with Crippen molar-refractivity contribution in [3.8, 4) is 0 Å². The van der Waals surface area contributed by atoms with Crippen molar-refractivity contribution in [1.29, 1.82) is 0 Å². The number of hydrogen-bond donors (Lipinski definition) is 5. The minimum absolute atomic E-state index is 0.0162. The van der Waals surface area contributed by atoms with Crippen molar-refractivity contribution in [3.05, 3.63) is 12.0 Å². The van der Waals surface area contributed by atoms with E-state index < -0.39 is 63.2 Å². The van der Waals surface area contributed by atoms with Gasteiger partial charge in [0.25, 0.3) is 5.91 Å². The molecule has 1 aliphatic heterocycles. The summed E-state index contributed by atoms with van der Waals surface area (Å²) in [6.07, 6.45) is 3.01. The van der Waals surface area contributed by atoms with E-state index in [2.05, 4.69) is 27.3 Å². The second-order valence-electron chi connectivity index (χ2n) is 13.0. The van der Waals surface area contributed by atoms with E-state index in [1.165, 1.54) is 4.90 Å². The first-order valence-electron chi connectivity index (χ1n) is 14.0. The average molecular weight is 597 g/mol. The first-order valence-corrected chi connectivity index (χ1v) is 15.6. The average Bonchev–Trinajstić information content (AvgIpc) is 3.14. The molecule has 5 amide bonds. The normalized spacial score (nSPS) is 24.7. The van der Waals surface area contributed by atoms with E-state index in [1.807, 2.05) is 13.8 Å². The molecule has 6 N–H and O–H groups in total. The minimum atomic E-state index is -3.77. The summed E-state index contributed by atoms with van der Waals surface area (Å²) in [6, 6.07) is -3.80. The van der Waals surface area contributed by atoms with Gasteiger partial charge in [-0.1, -0.05) is 39.7 Å². The van der Waals surface area contributed by atoms with Gasteiger partial charge in [-0.15, -0.1) is 0 Å². The van der Waals surface area contributed by atoms with Crippen LogP contribution in [0.3, 0.4) is 0 Å². The van der Waals surface area contributed by atoms with Crippen LogP contribution in [0.2, 0.25) is 0 Å². The summed E-state index contributed by atoms with van der Waals surface area (Å²) in [7, 11) is -3.77. The Morgan fingerprint density at radius 1 is 1.10 bits per heavy atom. The number of urea groups is 1. The number of ketones is 1. The SMILES string of the molecule is C=CS(=O)(=O)NCC[C@H](NC(=O)NC(C)(C)C)C(=O)N1CC2[C@@H]([C@H]1C(=O)NC(CC1CCC1)C(=O)C(N)=O)C2(C)C. The topological polar surface area (TPSA) is 197 Å². The second-order valence-corrected chi connectivity index (χ2v) is 14.7. The molecule has 0 aromatic rings. The molecule has 3 aliphatic rings. The maximum atomic E-state index is 13.9. The second kappa shape index (κ2) is 12.1. The van der Waals surface area contributed by atoms with Gasteiger partial charge in [0.05, 0.1) is 6.04 Å². The fraction of sp³-hybridized carbons (Fsp3) is 0.741. The molecule has 0 aromatic heterocycles. The number of amides is 5. The van der Waals surface area contributed by atoms with Gasteiger partial charge in [0, 0.05) is 24.0 Å². The van der Waals surface area contributed by atoms with Gasteiger partial charge in [-0.2, -0.15) is 0 Å². The largest absolute Gasteiger partial charge is 0.363 e. The van der Waals surface area contributed by atoms with Crippen LogP contribution in [0.4, 0.5) is 4.79 Å². The Hall–Kier alpha value is -3.00. The Balaban J connectivity index is 1.83. The van der Waals surface area contributed by atoms with Gasteiger partial charge in [0.15, 0.2) is 0 Å². The van der Waals surface area contributed by atoms with Crippen molar-refractivity contribution in [2.24, 2.45) is 28.9 Å². The van der Waals surface area contributed by atoms with Crippen molar-refractivity contribution in [2.45, 2.75) is 90.4 Å². The standard InChI is InChI=1S/C27H44N6O7S/c1-7-41(39,40)29-12-11-17(31-25(38)32-26(2,3)4)24(37)33-14-16-19(27(16,5)6)20(33)23(36)30-18(21(34)22(28)35)13-15-9-8-10-15/h7,15-20,29H,1,8-14H2,2-6H3,(H2,28,35)(H,30,36)(H2,31,32,38)/t16?,17-,18?,19-,20-/m0/s1. The lowest BCUT2D eigenvalue weighted by Crippen LogP contribution is -2.60. The number of sulfonamides is 1. The lowest BCUT2D eigenvalue weighted by atomic mass is 9.80. The fourth-order valence-corrected chi connectivity index (χ4v) is 6.45. The van der Waals surface area contributed by atoms with E-state index in [-0.39, 0.29) is 42.7 Å². The Morgan fingerprint density at radius 2 is 1.73 bits per heavy atom. The molecule has 2 saturated carbocycles. The van der Waals surface area contributed by atoms with E-state index in [0.29, 0.717) is 6.42 Å². The number of hydrogen-bond acceptors (Lipinski definition) is 7. The molecule has 13 nitrogen and oxygen atoms in total. The van der Waals surface area contributed by atoms with Crippen LogP contribution >= 0.6 is 0 Å². The zero-order valence-electron chi connectivity index (χ0n) is 24.5. The van der Waals surface area contributed by atoms with Crippen molar-refractivity contribution in [1.82, 2.24) is 25.6 Å². The number of nitrogens with two attached hydrogens (primary N) is 1. The molecule has 2 unspecified atom stereocenters. The van der Waals surface area contributed by atoms with Crippen LogP contribution < -0.4 is 26.4 Å². The van der Waals surface area contributed by atoms with E-state index in [0.717, 1.165) is 24.7 Å². The Kier molecular flexibility index (Phi) is 9.58. The summed E-state index contributed by atoms with van der Waals surface area (Å²) >= 11 is 0. The highest BCUT2D eigenvalue weighted by atomic mass is 32.2.